The number of halogens is 2. The Morgan fingerprint density at radius 2 is 2.00 bits per heavy atom. The molecule has 1 unspecified atom stereocenters. The van der Waals surface area contributed by atoms with Crippen LogP contribution in [0.1, 0.15) is 25.0 Å². The molecule has 0 radical (unpaired) electrons. The van der Waals surface area contributed by atoms with Gasteiger partial charge in [0.15, 0.2) is 0 Å². The van der Waals surface area contributed by atoms with Crippen LogP contribution >= 0.6 is 22.6 Å². The maximum Gasteiger partial charge on any atom is 0.129 e. The first-order valence-corrected chi connectivity index (χ1v) is 7.31. The maximum absolute atomic E-state index is 13.5. The highest BCUT2D eigenvalue weighted by molar-refractivity contribution is 14.1. The summed E-state index contributed by atoms with van der Waals surface area (Å²) in [4.78, 5) is 0. The molecular weight excluding hydrogens is 334 g/mol. The molecule has 4 heteroatoms. The minimum Gasteiger partial charge on any atom is -0.379 e. The lowest BCUT2D eigenvalue weighted by Gasteiger charge is -2.16. The smallest absolute Gasteiger partial charge is 0.129 e. The van der Waals surface area contributed by atoms with E-state index in [2.05, 4.69) is 29.5 Å². The largest absolute Gasteiger partial charge is 0.379 e. The zero-order chi connectivity index (χ0) is 12.5. The Bertz CT molecular complexity index is 320. The van der Waals surface area contributed by atoms with Gasteiger partial charge in [-0.15, -0.1) is 0 Å². The summed E-state index contributed by atoms with van der Waals surface area (Å²) in [6, 6.07) is 6.75. The van der Waals surface area contributed by atoms with Crippen molar-refractivity contribution in [2.75, 3.05) is 24.2 Å². The molecule has 0 heterocycles. The van der Waals surface area contributed by atoms with Crippen LogP contribution in [0.2, 0.25) is 0 Å². The fourth-order valence-corrected chi connectivity index (χ4v) is 2.18. The van der Waals surface area contributed by atoms with E-state index in [-0.39, 0.29) is 11.9 Å². The Morgan fingerprint density at radius 3 is 2.65 bits per heavy atom. The van der Waals surface area contributed by atoms with Gasteiger partial charge in [-0.2, -0.15) is 0 Å². The van der Waals surface area contributed by atoms with E-state index in [0.29, 0.717) is 18.8 Å². The highest BCUT2D eigenvalue weighted by Crippen LogP contribution is 2.22. The summed E-state index contributed by atoms with van der Waals surface area (Å²) < 4.78 is 25.2. The van der Waals surface area contributed by atoms with Crippen molar-refractivity contribution in [3.63, 3.8) is 0 Å². The second kappa shape index (κ2) is 8.83. The zero-order valence-corrected chi connectivity index (χ0v) is 12.2. The van der Waals surface area contributed by atoms with E-state index in [4.69, 9.17) is 9.47 Å². The maximum atomic E-state index is 13.5. The van der Waals surface area contributed by atoms with Crippen LogP contribution in [0.5, 0.6) is 0 Å². The molecule has 2 nitrogen and oxygen atoms in total. The van der Waals surface area contributed by atoms with E-state index in [0.717, 1.165) is 17.5 Å². The third-order valence-corrected chi connectivity index (χ3v) is 3.09. The summed E-state index contributed by atoms with van der Waals surface area (Å²) in [5.41, 5.74) is 0.623. The molecule has 0 N–H and O–H groups in total. The lowest BCUT2D eigenvalue weighted by Crippen LogP contribution is -2.12. The first-order valence-electron chi connectivity index (χ1n) is 5.79. The number of hydrogen-bond donors (Lipinski definition) is 0. The average Bonchev–Trinajstić information content (AvgIpc) is 2.35. The Kier molecular flexibility index (Phi) is 7.72. The third kappa shape index (κ3) is 5.31. The van der Waals surface area contributed by atoms with Crippen molar-refractivity contribution in [2.24, 2.45) is 0 Å². The second-order valence-electron chi connectivity index (χ2n) is 3.65. The van der Waals surface area contributed by atoms with Gasteiger partial charge in [0, 0.05) is 16.6 Å². The van der Waals surface area contributed by atoms with Gasteiger partial charge in [-0.1, -0.05) is 47.7 Å². The Hall–Kier alpha value is -0.200. The number of rotatable bonds is 8. The van der Waals surface area contributed by atoms with Crippen LogP contribution in [0, 0.1) is 5.82 Å². The molecule has 0 aliphatic carbocycles. The number of alkyl halides is 1. The minimum atomic E-state index is -0.205. The van der Waals surface area contributed by atoms with Crippen LogP contribution < -0.4 is 0 Å². The topological polar surface area (TPSA) is 18.5 Å². The Labute approximate surface area is 116 Å². The molecule has 0 amide bonds. The predicted molar refractivity (Wildman–Crippen MR) is 75.1 cm³/mol. The third-order valence-electron chi connectivity index (χ3n) is 2.29. The number of hydrogen-bond acceptors (Lipinski definition) is 2. The van der Waals surface area contributed by atoms with Crippen molar-refractivity contribution in [3.05, 3.63) is 35.6 Å². The SMILES string of the molecule is CCCOCCOC(CI)c1ccccc1F. The monoisotopic (exact) mass is 352 g/mol. The van der Waals surface area contributed by atoms with Gasteiger partial charge in [-0.05, 0) is 12.5 Å². The summed E-state index contributed by atoms with van der Waals surface area (Å²) >= 11 is 2.21. The van der Waals surface area contributed by atoms with Gasteiger partial charge in [0.25, 0.3) is 0 Å². The van der Waals surface area contributed by atoms with Crippen LogP contribution in [-0.4, -0.2) is 24.2 Å². The van der Waals surface area contributed by atoms with E-state index in [1.165, 1.54) is 6.07 Å². The fraction of sp³-hybridized carbons (Fsp3) is 0.538. The zero-order valence-electron chi connectivity index (χ0n) is 9.99. The summed E-state index contributed by atoms with van der Waals surface area (Å²) in [6.45, 7) is 3.88. The van der Waals surface area contributed by atoms with Crippen molar-refractivity contribution in [3.8, 4) is 0 Å². The van der Waals surface area contributed by atoms with Gasteiger partial charge in [0.1, 0.15) is 5.82 Å². The standard InChI is InChI=1S/C13H18FIO2/c1-2-7-16-8-9-17-13(10-15)11-5-3-4-6-12(11)14/h3-6,13H,2,7-10H2,1H3. The molecule has 1 aromatic carbocycles. The quantitative estimate of drug-likeness (QED) is 0.403. The van der Waals surface area contributed by atoms with Crippen molar-refractivity contribution in [2.45, 2.75) is 19.4 Å². The van der Waals surface area contributed by atoms with Crippen molar-refractivity contribution >= 4 is 22.6 Å². The number of ether oxygens (including phenoxy) is 2. The summed E-state index contributed by atoms with van der Waals surface area (Å²) in [5, 5.41) is 0. The van der Waals surface area contributed by atoms with Crippen molar-refractivity contribution in [1.29, 1.82) is 0 Å². The minimum absolute atomic E-state index is 0.193. The van der Waals surface area contributed by atoms with Crippen molar-refractivity contribution < 1.29 is 13.9 Å². The summed E-state index contributed by atoms with van der Waals surface area (Å²) in [5.74, 6) is -0.205. The molecule has 0 saturated heterocycles. The molecule has 0 spiro atoms. The van der Waals surface area contributed by atoms with E-state index < -0.39 is 0 Å². The van der Waals surface area contributed by atoms with Crippen LogP contribution in [-0.2, 0) is 9.47 Å². The van der Waals surface area contributed by atoms with Gasteiger partial charge < -0.3 is 9.47 Å². The van der Waals surface area contributed by atoms with E-state index in [9.17, 15) is 4.39 Å². The molecule has 17 heavy (non-hydrogen) atoms. The van der Waals surface area contributed by atoms with Crippen LogP contribution in [0.3, 0.4) is 0 Å². The lowest BCUT2D eigenvalue weighted by atomic mass is 10.1. The van der Waals surface area contributed by atoms with Crippen LogP contribution in [0.4, 0.5) is 4.39 Å². The molecule has 0 aliphatic rings. The molecule has 0 aromatic heterocycles. The van der Waals surface area contributed by atoms with Gasteiger partial charge in [-0.25, -0.2) is 4.39 Å². The van der Waals surface area contributed by atoms with Gasteiger partial charge >= 0.3 is 0 Å². The van der Waals surface area contributed by atoms with Gasteiger partial charge in [-0.3, -0.25) is 0 Å². The second-order valence-corrected chi connectivity index (χ2v) is 4.53. The number of benzene rings is 1. The first-order chi connectivity index (χ1) is 8.29. The highest BCUT2D eigenvalue weighted by Gasteiger charge is 2.14. The molecule has 0 aliphatic heterocycles. The predicted octanol–water partition coefficient (Wildman–Crippen LogP) is 3.75. The molecule has 0 saturated carbocycles. The molecule has 1 rings (SSSR count). The molecular formula is C13H18FIO2. The lowest BCUT2D eigenvalue weighted by molar-refractivity contribution is 0.0135. The summed E-state index contributed by atoms with van der Waals surface area (Å²) in [7, 11) is 0. The fourth-order valence-electron chi connectivity index (χ4n) is 1.45. The molecule has 1 atom stereocenters. The normalized spacial score (nSPS) is 12.6. The van der Waals surface area contributed by atoms with E-state index >= 15 is 0 Å². The molecule has 0 bridgehead atoms. The van der Waals surface area contributed by atoms with Crippen LogP contribution in [0.25, 0.3) is 0 Å². The highest BCUT2D eigenvalue weighted by atomic mass is 127. The van der Waals surface area contributed by atoms with Gasteiger partial charge in [0.05, 0.1) is 19.3 Å². The Morgan fingerprint density at radius 1 is 1.24 bits per heavy atom. The molecule has 96 valence electrons. The molecule has 1 aromatic rings. The van der Waals surface area contributed by atoms with E-state index in [1.54, 1.807) is 12.1 Å². The van der Waals surface area contributed by atoms with Crippen LogP contribution in [0.15, 0.2) is 24.3 Å². The summed E-state index contributed by atoms with van der Waals surface area (Å²) in [6.07, 6.45) is 0.810. The van der Waals surface area contributed by atoms with Crippen molar-refractivity contribution in [1.82, 2.24) is 0 Å². The first kappa shape index (κ1) is 14.9. The molecule has 0 fully saturated rings. The average molecular weight is 352 g/mol. The van der Waals surface area contributed by atoms with E-state index in [1.807, 2.05) is 6.07 Å². The Balaban J connectivity index is 2.41. The van der Waals surface area contributed by atoms with Gasteiger partial charge in [0.2, 0.25) is 0 Å².